The van der Waals surface area contributed by atoms with Gasteiger partial charge in [-0.1, -0.05) is 38.1 Å². The van der Waals surface area contributed by atoms with Gasteiger partial charge in [-0.05, 0) is 36.9 Å². The number of likely N-dealkylation sites (N-methyl/N-ethyl adjacent to an activating group) is 1. The van der Waals surface area contributed by atoms with E-state index in [1.165, 1.54) is 11.1 Å². The van der Waals surface area contributed by atoms with Crippen molar-refractivity contribution in [1.29, 1.82) is 0 Å². The van der Waals surface area contributed by atoms with Crippen molar-refractivity contribution in [1.82, 2.24) is 5.32 Å². The van der Waals surface area contributed by atoms with E-state index >= 15 is 0 Å². The molecule has 0 aliphatic rings. The number of benzene rings is 1. The van der Waals surface area contributed by atoms with Crippen molar-refractivity contribution >= 4 is 0 Å². The molecule has 90 valence electrons. The van der Waals surface area contributed by atoms with E-state index in [2.05, 4.69) is 43.4 Å². The average Bonchev–Trinajstić information content (AvgIpc) is 2.27. The van der Waals surface area contributed by atoms with Crippen molar-refractivity contribution < 1.29 is 5.11 Å². The highest BCUT2D eigenvalue weighted by atomic mass is 16.3. The molecule has 0 radical (unpaired) electrons. The van der Waals surface area contributed by atoms with E-state index < -0.39 is 0 Å². The van der Waals surface area contributed by atoms with Gasteiger partial charge in [-0.25, -0.2) is 0 Å². The molecule has 2 heteroatoms. The summed E-state index contributed by atoms with van der Waals surface area (Å²) in [5, 5.41) is 12.6. The molecule has 0 aliphatic heterocycles. The van der Waals surface area contributed by atoms with Crippen molar-refractivity contribution in [2.24, 2.45) is 0 Å². The van der Waals surface area contributed by atoms with Gasteiger partial charge < -0.3 is 10.4 Å². The standard InChI is InChI=1S/C14H23NO/c1-11(2)13-7-4-12(5-8-13)6-9-14(16)10-15-3/h4-5,7-8,11,14-16H,6,9-10H2,1-3H3. The number of hydrogen-bond acceptors (Lipinski definition) is 2. The third-order valence-corrected chi connectivity index (χ3v) is 2.85. The van der Waals surface area contributed by atoms with Gasteiger partial charge in [0.2, 0.25) is 0 Å². The van der Waals surface area contributed by atoms with Crippen LogP contribution in [0.3, 0.4) is 0 Å². The average molecular weight is 221 g/mol. The second-order valence-corrected chi connectivity index (χ2v) is 4.65. The first-order chi connectivity index (χ1) is 7.63. The Hall–Kier alpha value is -0.860. The zero-order chi connectivity index (χ0) is 12.0. The van der Waals surface area contributed by atoms with E-state index in [1.807, 2.05) is 7.05 Å². The van der Waals surface area contributed by atoms with Gasteiger partial charge in [0.15, 0.2) is 0 Å². The van der Waals surface area contributed by atoms with Crippen molar-refractivity contribution in [2.45, 2.75) is 38.7 Å². The van der Waals surface area contributed by atoms with E-state index in [9.17, 15) is 5.11 Å². The summed E-state index contributed by atoms with van der Waals surface area (Å²) >= 11 is 0. The van der Waals surface area contributed by atoms with Crippen molar-refractivity contribution in [3.63, 3.8) is 0 Å². The largest absolute Gasteiger partial charge is 0.392 e. The number of nitrogens with one attached hydrogen (secondary N) is 1. The highest BCUT2D eigenvalue weighted by molar-refractivity contribution is 5.24. The molecule has 0 fully saturated rings. The van der Waals surface area contributed by atoms with Gasteiger partial charge in [0.05, 0.1) is 6.10 Å². The maximum absolute atomic E-state index is 9.59. The predicted octanol–water partition coefficient (Wildman–Crippen LogP) is 2.32. The molecule has 0 aliphatic carbocycles. The molecule has 0 bridgehead atoms. The Morgan fingerprint density at radius 2 is 1.81 bits per heavy atom. The lowest BCUT2D eigenvalue weighted by Gasteiger charge is -2.10. The molecule has 2 nitrogen and oxygen atoms in total. The summed E-state index contributed by atoms with van der Waals surface area (Å²) in [6.07, 6.45) is 1.53. The van der Waals surface area contributed by atoms with Gasteiger partial charge in [-0.2, -0.15) is 0 Å². The number of hydrogen-bond donors (Lipinski definition) is 2. The number of aryl methyl sites for hydroxylation is 1. The van der Waals surface area contributed by atoms with Gasteiger partial charge in [-0.3, -0.25) is 0 Å². The van der Waals surface area contributed by atoms with Crippen LogP contribution in [-0.4, -0.2) is 24.8 Å². The Balaban J connectivity index is 2.43. The number of aliphatic hydroxyl groups excluding tert-OH is 1. The monoisotopic (exact) mass is 221 g/mol. The summed E-state index contributed by atoms with van der Waals surface area (Å²) < 4.78 is 0. The van der Waals surface area contributed by atoms with Gasteiger partial charge in [-0.15, -0.1) is 0 Å². The third kappa shape index (κ3) is 4.33. The second-order valence-electron chi connectivity index (χ2n) is 4.65. The lowest BCUT2D eigenvalue weighted by molar-refractivity contribution is 0.165. The fourth-order valence-corrected chi connectivity index (χ4v) is 1.74. The molecule has 0 spiro atoms. The fourth-order valence-electron chi connectivity index (χ4n) is 1.74. The molecule has 1 unspecified atom stereocenters. The van der Waals surface area contributed by atoms with Crippen molar-refractivity contribution in [2.75, 3.05) is 13.6 Å². The number of aliphatic hydroxyl groups is 1. The SMILES string of the molecule is CNCC(O)CCc1ccc(C(C)C)cc1. The maximum atomic E-state index is 9.59. The minimum absolute atomic E-state index is 0.241. The molecule has 0 heterocycles. The molecular weight excluding hydrogens is 198 g/mol. The zero-order valence-corrected chi connectivity index (χ0v) is 10.5. The van der Waals surface area contributed by atoms with Crippen LogP contribution in [0.15, 0.2) is 24.3 Å². The Kier molecular flexibility index (Phi) is 5.50. The first-order valence-corrected chi connectivity index (χ1v) is 6.05. The molecule has 0 amide bonds. The van der Waals surface area contributed by atoms with Gasteiger partial charge in [0.1, 0.15) is 0 Å². The quantitative estimate of drug-likeness (QED) is 0.772. The van der Waals surface area contributed by atoms with Crippen LogP contribution in [-0.2, 0) is 6.42 Å². The van der Waals surface area contributed by atoms with Crippen LogP contribution in [0.5, 0.6) is 0 Å². The molecule has 16 heavy (non-hydrogen) atoms. The molecule has 2 N–H and O–H groups in total. The summed E-state index contributed by atoms with van der Waals surface area (Å²) in [6, 6.07) is 8.71. The Bertz CT molecular complexity index is 292. The minimum Gasteiger partial charge on any atom is -0.392 e. The molecular formula is C14H23NO. The van der Waals surface area contributed by atoms with Gasteiger partial charge >= 0.3 is 0 Å². The zero-order valence-electron chi connectivity index (χ0n) is 10.5. The minimum atomic E-state index is -0.241. The van der Waals surface area contributed by atoms with Crippen LogP contribution >= 0.6 is 0 Å². The van der Waals surface area contributed by atoms with Crippen LogP contribution in [0.4, 0.5) is 0 Å². The smallest absolute Gasteiger partial charge is 0.0667 e. The normalized spacial score (nSPS) is 13.1. The van der Waals surface area contributed by atoms with Crippen LogP contribution in [0, 0.1) is 0 Å². The first kappa shape index (κ1) is 13.2. The van der Waals surface area contributed by atoms with Gasteiger partial charge in [0.25, 0.3) is 0 Å². The highest BCUT2D eigenvalue weighted by Gasteiger charge is 2.03. The van der Waals surface area contributed by atoms with E-state index in [-0.39, 0.29) is 6.10 Å². The summed E-state index contributed by atoms with van der Waals surface area (Å²) in [4.78, 5) is 0. The van der Waals surface area contributed by atoms with Crippen LogP contribution in [0.2, 0.25) is 0 Å². The molecule has 0 saturated heterocycles. The third-order valence-electron chi connectivity index (χ3n) is 2.85. The Labute approximate surface area is 98.7 Å². The molecule has 1 aromatic rings. The van der Waals surface area contributed by atoms with Crippen molar-refractivity contribution in [3.05, 3.63) is 35.4 Å². The summed E-state index contributed by atoms with van der Waals surface area (Å²) in [5.74, 6) is 0.587. The lowest BCUT2D eigenvalue weighted by Crippen LogP contribution is -2.23. The summed E-state index contributed by atoms with van der Waals surface area (Å²) in [6.45, 7) is 5.07. The summed E-state index contributed by atoms with van der Waals surface area (Å²) in [5.41, 5.74) is 2.68. The number of rotatable bonds is 6. The molecule has 1 aromatic carbocycles. The second kappa shape index (κ2) is 6.66. The van der Waals surface area contributed by atoms with Gasteiger partial charge in [0, 0.05) is 6.54 Å². The lowest BCUT2D eigenvalue weighted by atomic mass is 9.99. The molecule has 0 saturated carbocycles. The van der Waals surface area contributed by atoms with E-state index in [1.54, 1.807) is 0 Å². The highest BCUT2D eigenvalue weighted by Crippen LogP contribution is 2.15. The first-order valence-electron chi connectivity index (χ1n) is 6.05. The van der Waals surface area contributed by atoms with E-state index in [0.717, 1.165) is 12.8 Å². The van der Waals surface area contributed by atoms with Crippen LogP contribution < -0.4 is 5.32 Å². The van der Waals surface area contributed by atoms with E-state index in [4.69, 9.17) is 0 Å². The predicted molar refractivity (Wildman–Crippen MR) is 68.8 cm³/mol. The Morgan fingerprint density at radius 3 is 2.31 bits per heavy atom. The van der Waals surface area contributed by atoms with E-state index in [0.29, 0.717) is 12.5 Å². The Morgan fingerprint density at radius 1 is 1.19 bits per heavy atom. The summed E-state index contributed by atoms with van der Waals surface area (Å²) in [7, 11) is 1.86. The molecule has 1 atom stereocenters. The fraction of sp³-hybridized carbons (Fsp3) is 0.571. The topological polar surface area (TPSA) is 32.3 Å². The van der Waals surface area contributed by atoms with Crippen LogP contribution in [0.25, 0.3) is 0 Å². The molecule has 0 aromatic heterocycles. The van der Waals surface area contributed by atoms with Crippen LogP contribution in [0.1, 0.15) is 37.3 Å². The maximum Gasteiger partial charge on any atom is 0.0667 e. The van der Waals surface area contributed by atoms with Crippen molar-refractivity contribution in [3.8, 4) is 0 Å². The molecule has 1 rings (SSSR count).